The summed E-state index contributed by atoms with van der Waals surface area (Å²) in [6.07, 6.45) is 11.0. The highest BCUT2D eigenvalue weighted by Gasteiger charge is 1.86. The molecule has 0 bridgehead atoms. The zero-order chi connectivity index (χ0) is 9.40. The lowest BCUT2D eigenvalue weighted by Crippen LogP contribution is -1.76. The molecule has 0 amide bonds. The van der Waals surface area contributed by atoms with Crippen molar-refractivity contribution in [2.24, 2.45) is 0 Å². The third kappa shape index (κ3) is 4.95. The van der Waals surface area contributed by atoms with Gasteiger partial charge in [-0.3, -0.25) is 0 Å². The smallest absolute Gasteiger partial charge is 0.0311 e. The zero-order valence-electron chi connectivity index (χ0n) is 8.72. The van der Waals surface area contributed by atoms with Crippen molar-refractivity contribution in [3.8, 4) is 0 Å². The molecular weight excluding hydrogens is 144 g/mol. The average molecular weight is 164 g/mol. The molecule has 0 saturated carbocycles. The predicted molar refractivity (Wildman–Crippen MR) is 57.2 cm³/mol. The standard InChI is InChI=1S/C12H20/c1-5-8-9-11(4)10-12(6-2)7-3/h6,8-10H,5,7H2,1-4H3. The fourth-order valence-corrected chi connectivity index (χ4v) is 1.03. The Kier molecular flexibility index (Phi) is 6.45. The first kappa shape index (κ1) is 11.2. The first-order valence-electron chi connectivity index (χ1n) is 4.74. The van der Waals surface area contributed by atoms with E-state index in [2.05, 4.69) is 52.0 Å². The molecule has 0 spiro atoms. The van der Waals surface area contributed by atoms with Gasteiger partial charge in [-0.1, -0.05) is 49.3 Å². The monoisotopic (exact) mass is 164 g/mol. The maximum absolute atomic E-state index is 2.24. The van der Waals surface area contributed by atoms with E-state index in [-0.39, 0.29) is 0 Å². The van der Waals surface area contributed by atoms with Crippen LogP contribution < -0.4 is 0 Å². The highest BCUT2D eigenvalue weighted by Crippen LogP contribution is 2.07. The Labute approximate surface area is 76.7 Å². The molecule has 0 rings (SSSR count). The molecule has 0 aromatic carbocycles. The van der Waals surface area contributed by atoms with E-state index in [1.807, 2.05) is 0 Å². The molecule has 0 fully saturated rings. The van der Waals surface area contributed by atoms with E-state index in [1.54, 1.807) is 0 Å². The molecule has 0 aromatic rings. The minimum absolute atomic E-state index is 1.11. The van der Waals surface area contributed by atoms with E-state index < -0.39 is 0 Å². The molecule has 0 nitrogen and oxygen atoms in total. The largest absolute Gasteiger partial charge is 0.0845 e. The van der Waals surface area contributed by atoms with E-state index in [4.69, 9.17) is 0 Å². The van der Waals surface area contributed by atoms with Crippen molar-refractivity contribution in [3.63, 3.8) is 0 Å². The summed E-state index contributed by atoms with van der Waals surface area (Å²) in [5.74, 6) is 0. The lowest BCUT2D eigenvalue weighted by atomic mass is 10.1. The molecule has 0 N–H and O–H groups in total. The molecule has 0 saturated heterocycles. The second-order valence-electron chi connectivity index (χ2n) is 2.92. The number of hydrogen-bond acceptors (Lipinski definition) is 0. The minimum Gasteiger partial charge on any atom is -0.0845 e. The Morgan fingerprint density at radius 2 is 1.92 bits per heavy atom. The average Bonchev–Trinajstić information content (AvgIpc) is 2.10. The maximum Gasteiger partial charge on any atom is -0.0311 e. The number of hydrogen-bond donors (Lipinski definition) is 0. The van der Waals surface area contributed by atoms with Crippen LogP contribution in [0.2, 0.25) is 0 Å². The Morgan fingerprint density at radius 3 is 2.33 bits per heavy atom. The molecular formula is C12H20. The van der Waals surface area contributed by atoms with Gasteiger partial charge in [0.15, 0.2) is 0 Å². The van der Waals surface area contributed by atoms with Crippen molar-refractivity contribution in [2.45, 2.75) is 40.5 Å². The molecule has 0 aliphatic carbocycles. The van der Waals surface area contributed by atoms with Gasteiger partial charge in [0.2, 0.25) is 0 Å². The van der Waals surface area contributed by atoms with Gasteiger partial charge in [0.25, 0.3) is 0 Å². The maximum atomic E-state index is 2.24. The highest BCUT2D eigenvalue weighted by molar-refractivity contribution is 5.28. The minimum atomic E-state index is 1.11. The molecule has 12 heavy (non-hydrogen) atoms. The first-order valence-corrected chi connectivity index (χ1v) is 4.74. The summed E-state index contributed by atoms with van der Waals surface area (Å²) in [5.41, 5.74) is 2.75. The predicted octanol–water partition coefficient (Wildman–Crippen LogP) is 4.26. The van der Waals surface area contributed by atoms with Gasteiger partial charge >= 0.3 is 0 Å². The summed E-state index contributed by atoms with van der Waals surface area (Å²) in [6.45, 7) is 8.57. The topological polar surface area (TPSA) is 0 Å². The van der Waals surface area contributed by atoms with Crippen LogP contribution in [0.1, 0.15) is 40.5 Å². The van der Waals surface area contributed by atoms with E-state index in [0.29, 0.717) is 0 Å². The van der Waals surface area contributed by atoms with Crippen LogP contribution in [0.25, 0.3) is 0 Å². The Bertz CT molecular complexity index is 192. The van der Waals surface area contributed by atoms with Crippen LogP contribution in [0, 0.1) is 0 Å². The van der Waals surface area contributed by atoms with Gasteiger partial charge in [0, 0.05) is 0 Å². The Balaban J connectivity index is 4.23. The van der Waals surface area contributed by atoms with Crippen molar-refractivity contribution in [1.29, 1.82) is 0 Å². The fourth-order valence-electron chi connectivity index (χ4n) is 1.03. The number of allylic oxidation sites excluding steroid dienone is 6. The lowest BCUT2D eigenvalue weighted by molar-refractivity contribution is 1.13. The fraction of sp³-hybridized carbons (Fsp3) is 0.500. The molecule has 0 aliphatic heterocycles. The molecule has 0 radical (unpaired) electrons. The van der Waals surface area contributed by atoms with Crippen LogP contribution >= 0.6 is 0 Å². The quantitative estimate of drug-likeness (QED) is 0.545. The van der Waals surface area contributed by atoms with Crippen molar-refractivity contribution in [2.75, 3.05) is 0 Å². The van der Waals surface area contributed by atoms with Gasteiger partial charge in [-0.05, 0) is 26.7 Å². The third-order valence-corrected chi connectivity index (χ3v) is 1.81. The highest BCUT2D eigenvalue weighted by atomic mass is 13.9. The van der Waals surface area contributed by atoms with Gasteiger partial charge in [-0.2, -0.15) is 0 Å². The summed E-state index contributed by atoms with van der Waals surface area (Å²) in [6, 6.07) is 0. The van der Waals surface area contributed by atoms with Crippen LogP contribution in [0.3, 0.4) is 0 Å². The van der Waals surface area contributed by atoms with Gasteiger partial charge in [-0.15, -0.1) is 0 Å². The normalized spacial score (nSPS) is 14.3. The van der Waals surface area contributed by atoms with E-state index in [1.165, 1.54) is 11.1 Å². The SMILES string of the molecule is CC=C(C=C(C)C=CCC)CC. The summed E-state index contributed by atoms with van der Waals surface area (Å²) >= 11 is 0. The molecule has 0 aliphatic rings. The van der Waals surface area contributed by atoms with Gasteiger partial charge < -0.3 is 0 Å². The summed E-state index contributed by atoms with van der Waals surface area (Å²) < 4.78 is 0. The van der Waals surface area contributed by atoms with Crippen LogP contribution in [0.5, 0.6) is 0 Å². The second kappa shape index (κ2) is 6.90. The van der Waals surface area contributed by atoms with Crippen molar-refractivity contribution >= 4 is 0 Å². The molecule has 68 valence electrons. The van der Waals surface area contributed by atoms with Crippen molar-refractivity contribution in [3.05, 3.63) is 35.5 Å². The van der Waals surface area contributed by atoms with Crippen LogP contribution in [-0.4, -0.2) is 0 Å². The summed E-state index contributed by atoms with van der Waals surface area (Å²) in [7, 11) is 0. The van der Waals surface area contributed by atoms with E-state index in [0.717, 1.165) is 12.8 Å². The second-order valence-corrected chi connectivity index (χ2v) is 2.92. The van der Waals surface area contributed by atoms with Crippen LogP contribution in [-0.2, 0) is 0 Å². The van der Waals surface area contributed by atoms with Crippen molar-refractivity contribution in [1.82, 2.24) is 0 Å². The lowest BCUT2D eigenvalue weighted by Gasteiger charge is -1.96. The van der Waals surface area contributed by atoms with Gasteiger partial charge in [0.1, 0.15) is 0 Å². The van der Waals surface area contributed by atoms with E-state index in [9.17, 15) is 0 Å². The molecule has 0 heterocycles. The molecule has 0 aromatic heterocycles. The molecule has 0 atom stereocenters. The van der Waals surface area contributed by atoms with Crippen molar-refractivity contribution < 1.29 is 0 Å². The van der Waals surface area contributed by atoms with Gasteiger partial charge in [0.05, 0.1) is 0 Å². The van der Waals surface area contributed by atoms with Crippen LogP contribution in [0.4, 0.5) is 0 Å². The number of rotatable bonds is 4. The zero-order valence-corrected chi connectivity index (χ0v) is 8.72. The van der Waals surface area contributed by atoms with Crippen LogP contribution in [0.15, 0.2) is 35.5 Å². The summed E-state index contributed by atoms with van der Waals surface area (Å²) in [5, 5.41) is 0. The Morgan fingerprint density at radius 1 is 1.25 bits per heavy atom. The first-order chi connectivity index (χ1) is 5.74. The molecule has 0 unspecified atom stereocenters. The van der Waals surface area contributed by atoms with E-state index >= 15 is 0 Å². The molecule has 0 heteroatoms. The van der Waals surface area contributed by atoms with Gasteiger partial charge in [-0.25, -0.2) is 0 Å². The summed E-state index contributed by atoms with van der Waals surface area (Å²) in [4.78, 5) is 0. The Hall–Kier alpha value is -0.780. The third-order valence-electron chi connectivity index (χ3n) is 1.81.